The minimum absolute atomic E-state index is 0.0131. The smallest absolute Gasteiger partial charge is 0.251 e. The van der Waals surface area contributed by atoms with Crippen LogP contribution in [0.25, 0.3) is 0 Å². The van der Waals surface area contributed by atoms with Crippen LogP contribution in [0.5, 0.6) is 0 Å². The van der Waals surface area contributed by atoms with Crippen LogP contribution in [-0.4, -0.2) is 25.5 Å². The van der Waals surface area contributed by atoms with Gasteiger partial charge in [0.15, 0.2) is 0 Å². The normalized spacial score (nSPS) is 10.2. The largest absolute Gasteiger partial charge is 0.351 e. The highest BCUT2D eigenvalue weighted by molar-refractivity contribution is 5.95. The van der Waals surface area contributed by atoms with Crippen molar-refractivity contribution in [3.63, 3.8) is 0 Å². The number of nitrogens with one attached hydrogen (secondary N) is 2. The lowest BCUT2D eigenvalue weighted by molar-refractivity contribution is 0.0953. The first kappa shape index (κ1) is 12.7. The van der Waals surface area contributed by atoms with Crippen LogP contribution in [-0.2, 0) is 0 Å². The van der Waals surface area contributed by atoms with Crippen molar-refractivity contribution in [2.45, 2.75) is 20.8 Å². The van der Waals surface area contributed by atoms with E-state index in [-0.39, 0.29) is 5.91 Å². The summed E-state index contributed by atoms with van der Waals surface area (Å²) in [6, 6.07) is 5.80. The summed E-state index contributed by atoms with van der Waals surface area (Å²) in [5.41, 5.74) is 2.99. The molecule has 1 aromatic rings. The van der Waals surface area contributed by atoms with Gasteiger partial charge in [-0.2, -0.15) is 0 Å². The SMILES string of the molecule is CCNCCNC(=O)c1cccc(C)c1C. The van der Waals surface area contributed by atoms with Crippen molar-refractivity contribution in [1.82, 2.24) is 10.6 Å². The lowest BCUT2D eigenvalue weighted by Crippen LogP contribution is -2.32. The summed E-state index contributed by atoms with van der Waals surface area (Å²) in [4.78, 5) is 11.8. The molecule has 0 aliphatic rings. The van der Waals surface area contributed by atoms with E-state index >= 15 is 0 Å². The Labute approximate surface area is 97.2 Å². The zero-order chi connectivity index (χ0) is 12.0. The van der Waals surface area contributed by atoms with E-state index in [0.717, 1.165) is 29.8 Å². The molecule has 2 N–H and O–H groups in total. The molecule has 0 aliphatic heterocycles. The number of amides is 1. The zero-order valence-corrected chi connectivity index (χ0v) is 10.3. The third-order valence-corrected chi connectivity index (χ3v) is 2.69. The fourth-order valence-corrected chi connectivity index (χ4v) is 1.53. The van der Waals surface area contributed by atoms with Crippen molar-refractivity contribution in [3.05, 3.63) is 34.9 Å². The van der Waals surface area contributed by atoms with Gasteiger partial charge in [-0.25, -0.2) is 0 Å². The maximum Gasteiger partial charge on any atom is 0.251 e. The van der Waals surface area contributed by atoms with Crippen molar-refractivity contribution >= 4 is 5.91 Å². The number of carbonyl (C=O) groups is 1. The average Bonchev–Trinajstić information content (AvgIpc) is 2.28. The molecule has 0 unspecified atom stereocenters. The Morgan fingerprint density at radius 3 is 2.69 bits per heavy atom. The number of rotatable bonds is 5. The van der Waals surface area contributed by atoms with Gasteiger partial charge in [-0.1, -0.05) is 19.1 Å². The molecule has 0 fully saturated rings. The molecular formula is C13H20N2O. The van der Waals surface area contributed by atoms with Gasteiger partial charge in [-0.15, -0.1) is 0 Å². The monoisotopic (exact) mass is 220 g/mol. The number of aryl methyl sites for hydroxylation is 1. The Bertz CT molecular complexity index is 361. The molecule has 1 rings (SSSR count). The van der Waals surface area contributed by atoms with Crippen molar-refractivity contribution in [1.29, 1.82) is 0 Å². The predicted molar refractivity (Wildman–Crippen MR) is 66.8 cm³/mol. The van der Waals surface area contributed by atoms with E-state index in [1.165, 1.54) is 0 Å². The van der Waals surface area contributed by atoms with Crippen LogP contribution >= 0.6 is 0 Å². The van der Waals surface area contributed by atoms with Crippen LogP contribution in [0.15, 0.2) is 18.2 Å². The Hall–Kier alpha value is -1.35. The molecule has 16 heavy (non-hydrogen) atoms. The third kappa shape index (κ3) is 3.35. The topological polar surface area (TPSA) is 41.1 Å². The van der Waals surface area contributed by atoms with E-state index in [4.69, 9.17) is 0 Å². The van der Waals surface area contributed by atoms with Crippen molar-refractivity contribution in [2.75, 3.05) is 19.6 Å². The molecular weight excluding hydrogens is 200 g/mol. The van der Waals surface area contributed by atoms with E-state index in [1.54, 1.807) is 0 Å². The lowest BCUT2D eigenvalue weighted by Gasteiger charge is -2.09. The lowest BCUT2D eigenvalue weighted by atomic mass is 10.0. The Kier molecular flexibility index (Phi) is 4.99. The molecule has 0 spiro atoms. The molecule has 0 radical (unpaired) electrons. The molecule has 0 heterocycles. The number of hydrogen-bond donors (Lipinski definition) is 2. The molecule has 3 heteroatoms. The van der Waals surface area contributed by atoms with Gasteiger partial charge in [-0.05, 0) is 37.6 Å². The molecule has 0 saturated heterocycles. The maximum atomic E-state index is 11.8. The van der Waals surface area contributed by atoms with Crippen LogP contribution in [0, 0.1) is 13.8 Å². The quantitative estimate of drug-likeness (QED) is 0.741. The molecule has 0 saturated carbocycles. The fraction of sp³-hybridized carbons (Fsp3) is 0.462. The predicted octanol–water partition coefficient (Wildman–Crippen LogP) is 1.64. The third-order valence-electron chi connectivity index (χ3n) is 2.69. The van der Waals surface area contributed by atoms with E-state index in [0.29, 0.717) is 6.54 Å². The number of benzene rings is 1. The summed E-state index contributed by atoms with van der Waals surface area (Å²) in [5, 5.41) is 6.07. The highest BCUT2D eigenvalue weighted by Gasteiger charge is 2.08. The van der Waals surface area contributed by atoms with Crippen molar-refractivity contribution in [3.8, 4) is 0 Å². The van der Waals surface area contributed by atoms with Gasteiger partial charge < -0.3 is 10.6 Å². The zero-order valence-electron chi connectivity index (χ0n) is 10.3. The van der Waals surface area contributed by atoms with Gasteiger partial charge in [0.25, 0.3) is 5.91 Å². The van der Waals surface area contributed by atoms with Gasteiger partial charge in [0.2, 0.25) is 0 Å². The van der Waals surface area contributed by atoms with Gasteiger partial charge in [-0.3, -0.25) is 4.79 Å². The second-order valence-corrected chi connectivity index (χ2v) is 3.86. The van der Waals surface area contributed by atoms with Gasteiger partial charge in [0, 0.05) is 18.7 Å². The van der Waals surface area contributed by atoms with Crippen molar-refractivity contribution < 1.29 is 4.79 Å². The molecule has 0 aromatic heterocycles. The molecule has 1 amide bonds. The first-order chi connectivity index (χ1) is 7.66. The van der Waals surface area contributed by atoms with Crippen LogP contribution in [0.1, 0.15) is 28.4 Å². The van der Waals surface area contributed by atoms with Crippen LogP contribution < -0.4 is 10.6 Å². The van der Waals surface area contributed by atoms with Gasteiger partial charge in [0.1, 0.15) is 0 Å². The molecule has 0 atom stereocenters. The van der Waals surface area contributed by atoms with Crippen LogP contribution in [0.3, 0.4) is 0 Å². The summed E-state index contributed by atoms with van der Waals surface area (Å²) < 4.78 is 0. The van der Waals surface area contributed by atoms with Crippen LogP contribution in [0.2, 0.25) is 0 Å². The first-order valence-electron chi connectivity index (χ1n) is 5.72. The average molecular weight is 220 g/mol. The summed E-state index contributed by atoms with van der Waals surface area (Å²) in [6.07, 6.45) is 0. The second-order valence-electron chi connectivity index (χ2n) is 3.86. The fourth-order valence-electron chi connectivity index (χ4n) is 1.53. The summed E-state index contributed by atoms with van der Waals surface area (Å²) >= 11 is 0. The molecule has 3 nitrogen and oxygen atoms in total. The molecule has 88 valence electrons. The number of hydrogen-bond acceptors (Lipinski definition) is 2. The minimum Gasteiger partial charge on any atom is -0.351 e. The second kappa shape index (κ2) is 6.28. The molecule has 0 bridgehead atoms. The van der Waals surface area contributed by atoms with Crippen molar-refractivity contribution in [2.24, 2.45) is 0 Å². The van der Waals surface area contributed by atoms with E-state index in [9.17, 15) is 4.79 Å². The van der Waals surface area contributed by atoms with Gasteiger partial charge >= 0.3 is 0 Å². The summed E-state index contributed by atoms with van der Waals surface area (Å²) in [6.45, 7) is 8.46. The molecule has 1 aromatic carbocycles. The number of carbonyl (C=O) groups excluding carboxylic acids is 1. The Morgan fingerprint density at radius 2 is 2.00 bits per heavy atom. The Morgan fingerprint density at radius 1 is 1.25 bits per heavy atom. The summed E-state index contributed by atoms with van der Waals surface area (Å²) in [5.74, 6) is 0.0131. The standard InChI is InChI=1S/C13H20N2O/c1-4-14-8-9-15-13(16)12-7-5-6-10(2)11(12)3/h5-7,14H,4,8-9H2,1-3H3,(H,15,16). The number of likely N-dealkylation sites (N-methyl/N-ethyl adjacent to an activating group) is 1. The van der Waals surface area contributed by atoms with E-state index < -0.39 is 0 Å². The first-order valence-corrected chi connectivity index (χ1v) is 5.72. The van der Waals surface area contributed by atoms with Gasteiger partial charge in [0.05, 0.1) is 0 Å². The van der Waals surface area contributed by atoms with E-state index in [2.05, 4.69) is 10.6 Å². The highest BCUT2D eigenvalue weighted by atomic mass is 16.1. The highest BCUT2D eigenvalue weighted by Crippen LogP contribution is 2.12. The van der Waals surface area contributed by atoms with Crippen LogP contribution in [0.4, 0.5) is 0 Å². The minimum atomic E-state index is 0.0131. The summed E-state index contributed by atoms with van der Waals surface area (Å²) in [7, 11) is 0. The van der Waals surface area contributed by atoms with E-state index in [1.807, 2.05) is 39.0 Å². The maximum absolute atomic E-state index is 11.8. The Balaban J connectivity index is 2.56. The molecule has 0 aliphatic carbocycles.